The predicted octanol–water partition coefficient (Wildman–Crippen LogP) is 2.10. The van der Waals surface area contributed by atoms with Gasteiger partial charge in [-0.1, -0.05) is 13.3 Å². The van der Waals surface area contributed by atoms with Crippen molar-refractivity contribution in [1.29, 1.82) is 0 Å². The molecule has 0 radical (unpaired) electrons. The number of piperidine rings is 1. The summed E-state index contributed by atoms with van der Waals surface area (Å²) < 4.78 is 4.55. The molecule has 0 spiro atoms. The van der Waals surface area contributed by atoms with E-state index in [2.05, 4.69) is 17.0 Å². The van der Waals surface area contributed by atoms with E-state index < -0.39 is 0 Å². The Morgan fingerprint density at radius 3 is 2.12 bits per heavy atom. The van der Waals surface area contributed by atoms with Gasteiger partial charge in [-0.25, -0.2) is 0 Å². The second-order valence-electron chi connectivity index (χ2n) is 4.88. The minimum atomic E-state index is -0.318. The van der Waals surface area contributed by atoms with E-state index in [0.717, 1.165) is 13.2 Å². The number of ether oxygens (including phenoxy) is 1. The van der Waals surface area contributed by atoms with Crippen molar-refractivity contribution < 1.29 is 14.6 Å². The van der Waals surface area contributed by atoms with Crippen molar-refractivity contribution in [3.05, 3.63) is 0 Å². The summed E-state index contributed by atoms with van der Waals surface area (Å²) in [5, 5.41) is 10.5. The lowest BCUT2D eigenvalue weighted by atomic mass is 10.0. The summed E-state index contributed by atoms with van der Waals surface area (Å²) in [5.74, 6) is 0. The average molecular weight is 247 g/mol. The predicted molar refractivity (Wildman–Crippen MR) is 71.0 cm³/mol. The number of hydrogen-bond acceptors (Lipinski definition) is 4. The first-order valence-corrected chi connectivity index (χ1v) is 6.29. The summed E-state index contributed by atoms with van der Waals surface area (Å²) in [4.78, 5) is 9.60. The number of aliphatic hydroxyl groups excluding tert-OH is 1. The summed E-state index contributed by atoms with van der Waals surface area (Å²) >= 11 is 0. The molecule has 1 heterocycles. The summed E-state index contributed by atoms with van der Waals surface area (Å²) in [6.45, 7) is 9.42. The lowest BCUT2D eigenvalue weighted by Gasteiger charge is -2.21. The van der Waals surface area contributed by atoms with E-state index in [4.69, 9.17) is 5.11 Å². The summed E-state index contributed by atoms with van der Waals surface area (Å²) in [5.41, 5.74) is -0.318. The van der Waals surface area contributed by atoms with Crippen molar-refractivity contribution >= 4 is 6.47 Å². The van der Waals surface area contributed by atoms with Gasteiger partial charge in [-0.15, -0.1) is 0 Å². The monoisotopic (exact) mass is 247 g/mol. The van der Waals surface area contributed by atoms with Crippen LogP contribution in [0.15, 0.2) is 0 Å². The van der Waals surface area contributed by atoms with E-state index >= 15 is 0 Å². The van der Waals surface area contributed by atoms with Gasteiger partial charge < -0.3 is 15.2 Å². The number of rotatable bonds is 2. The van der Waals surface area contributed by atoms with E-state index in [-0.39, 0.29) is 5.60 Å². The maximum Gasteiger partial charge on any atom is 0.293 e. The van der Waals surface area contributed by atoms with Crippen LogP contribution in [0.3, 0.4) is 0 Å². The van der Waals surface area contributed by atoms with Crippen LogP contribution in [0.1, 0.15) is 53.4 Å². The molecule has 1 rings (SSSR count). The van der Waals surface area contributed by atoms with Gasteiger partial charge in [-0.3, -0.25) is 4.79 Å². The third kappa shape index (κ3) is 15.4. The summed E-state index contributed by atoms with van der Waals surface area (Å²) in [7, 11) is 1.00. The molecule has 1 atom stereocenters. The molecule has 1 fully saturated rings. The van der Waals surface area contributed by atoms with Crippen molar-refractivity contribution in [1.82, 2.24) is 5.32 Å². The average Bonchev–Trinajstić information content (AvgIpc) is 2.32. The van der Waals surface area contributed by atoms with Crippen LogP contribution in [0, 0.1) is 0 Å². The van der Waals surface area contributed by atoms with Gasteiger partial charge in [0, 0.05) is 13.2 Å². The maximum absolute atomic E-state index is 9.60. The zero-order valence-electron chi connectivity index (χ0n) is 12.0. The molecule has 1 aliphatic heterocycles. The van der Waals surface area contributed by atoms with Gasteiger partial charge in [0.2, 0.25) is 0 Å². The fraction of sp³-hybridized carbons (Fsp3) is 0.923. The molecule has 1 saturated heterocycles. The minimum absolute atomic E-state index is 0.318. The maximum atomic E-state index is 9.60. The van der Waals surface area contributed by atoms with E-state index in [0.29, 0.717) is 6.47 Å². The van der Waals surface area contributed by atoms with Gasteiger partial charge in [0.25, 0.3) is 6.47 Å². The van der Waals surface area contributed by atoms with Crippen molar-refractivity contribution in [2.75, 3.05) is 13.7 Å². The molecular formula is C13H29NO3. The van der Waals surface area contributed by atoms with Crippen molar-refractivity contribution in [3.63, 3.8) is 0 Å². The molecule has 104 valence electrons. The standard InChI is InChI=1S/C7H15N.C5H10O2.CH4O/c1-2-7-5-3-4-6-8-7;1-5(2,3)7-4-6;1-2/h7-8H,2-6H2,1H3;4H,1-3H3;2H,1H3. The van der Waals surface area contributed by atoms with Crippen molar-refractivity contribution in [2.24, 2.45) is 0 Å². The quantitative estimate of drug-likeness (QED) is 0.734. The Balaban J connectivity index is 0. The first kappa shape index (κ1) is 18.7. The van der Waals surface area contributed by atoms with Gasteiger partial charge in [0.1, 0.15) is 5.60 Å². The molecule has 0 aromatic heterocycles. The third-order valence-corrected chi connectivity index (χ3v) is 2.31. The van der Waals surface area contributed by atoms with E-state index in [1.165, 1.54) is 32.2 Å². The molecular weight excluding hydrogens is 218 g/mol. The van der Waals surface area contributed by atoms with Crippen LogP contribution in [-0.2, 0) is 9.53 Å². The van der Waals surface area contributed by atoms with Gasteiger partial charge >= 0.3 is 0 Å². The van der Waals surface area contributed by atoms with Crippen LogP contribution in [0.5, 0.6) is 0 Å². The van der Waals surface area contributed by atoms with Gasteiger partial charge in [0.05, 0.1) is 0 Å². The van der Waals surface area contributed by atoms with E-state index in [1.54, 1.807) is 0 Å². The molecule has 0 amide bonds. The number of carbonyl (C=O) groups is 1. The highest BCUT2D eigenvalue weighted by atomic mass is 16.5. The molecule has 4 nitrogen and oxygen atoms in total. The summed E-state index contributed by atoms with van der Waals surface area (Å²) in [6, 6.07) is 0.837. The number of hydrogen-bond donors (Lipinski definition) is 2. The molecule has 0 aromatic carbocycles. The molecule has 0 saturated carbocycles. The van der Waals surface area contributed by atoms with E-state index in [9.17, 15) is 4.79 Å². The smallest absolute Gasteiger partial charge is 0.293 e. The molecule has 0 aliphatic carbocycles. The van der Waals surface area contributed by atoms with Crippen molar-refractivity contribution in [2.45, 2.75) is 65.0 Å². The van der Waals surface area contributed by atoms with Gasteiger partial charge in [-0.05, 0) is 46.6 Å². The molecule has 1 unspecified atom stereocenters. The highest BCUT2D eigenvalue weighted by Gasteiger charge is 2.08. The zero-order chi connectivity index (χ0) is 13.7. The molecule has 0 aromatic rings. The Morgan fingerprint density at radius 2 is 1.94 bits per heavy atom. The Kier molecular flexibility index (Phi) is 13.1. The SMILES string of the molecule is CC(C)(C)OC=O.CCC1CCCCN1.CO. The Hall–Kier alpha value is -0.610. The highest BCUT2D eigenvalue weighted by molar-refractivity contribution is 5.37. The first-order chi connectivity index (χ1) is 7.99. The van der Waals surface area contributed by atoms with Crippen LogP contribution in [0.2, 0.25) is 0 Å². The largest absolute Gasteiger partial charge is 0.462 e. The number of carbonyl (C=O) groups excluding carboxylic acids is 1. The number of aliphatic hydroxyl groups is 1. The third-order valence-electron chi connectivity index (χ3n) is 2.31. The second kappa shape index (κ2) is 11.9. The van der Waals surface area contributed by atoms with Crippen LogP contribution in [0.4, 0.5) is 0 Å². The Labute approximate surface area is 106 Å². The minimum Gasteiger partial charge on any atom is -0.462 e. The Bertz CT molecular complexity index is 161. The second-order valence-corrected chi connectivity index (χ2v) is 4.88. The normalized spacial score (nSPS) is 19.1. The van der Waals surface area contributed by atoms with Crippen molar-refractivity contribution in [3.8, 4) is 0 Å². The number of nitrogens with one attached hydrogen (secondary N) is 1. The fourth-order valence-corrected chi connectivity index (χ4v) is 1.42. The van der Waals surface area contributed by atoms with Crippen LogP contribution in [-0.4, -0.2) is 36.9 Å². The molecule has 4 heteroatoms. The van der Waals surface area contributed by atoms with Gasteiger partial charge in [-0.2, -0.15) is 0 Å². The van der Waals surface area contributed by atoms with Crippen LogP contribution >= 0.6 is 0 Å². The molecule has 0 bridgehead atoms. The summed E-state index contributed by atoms with van der Waals surface area (Å²) in [6.07, 6.45) is 5.53. The van der Waals surface area contributed by atoms with E-state index in [1.807, 2.05) is 20.8 Å². The molecule has 17 heavy (non-hydrogen) atoms. The molecule has 1 aliphatic rings. The Morgan fingerprint density at radius 1 is 1.35 bits per heavy atom. The van der Waals surface area contributed by atoms with Gasteiger partial charge in [0.15, 0.2) is 0 Å². The lowest BCUT2D eigenvalue weighted by molar-refractivity contribution is -0.138. The van der Waals surface area contributed by atoms with Crippen LogP contribution < -0.4 is 5.32 Å². The lowest BCUT2D eigenvalue weighted by Crippen LogP contribution is -2.32. The molecule has 2 N–H and O–H groups in total. The van der Waals surface area contributed by atoms with Crippen LogP contribution in [0.25, 0.3) is 0 Å². The zero-order valence-corrected chi connectivity index (χ0v) is 12.0. The first-order valence-electron chi connectivity index (χ1n) is 6.29. The topological polar surface area (TPSA) is 58.6 Å². The fourth-order valence-electron chi connectivity index (χ4n) is 1.42. The highest BCUT2D eigenvalue weighted by Crippen LogP contribution is 2.08.